The summed E-state index contributed by atoms with van der Waals surface area (Å²) < 4.78 is 25.3. The van der Waals surface area contributed by atoms with Crippen LogP contribution in [0.3, 0.4) is 0 Å². The lowest BCUT2D eigenvalue weighted by Gasteiger charge is -2.32. The van der Waals surface area contributed by atoms with Crippen LogP contribution in [-0.4, -0.2) is 64.0 Å². The molecule has 0 unspecified atom stereocenters. The number of rotatable bonds is 6. The Morgan fingerprint density at radius 1 is 1.14 bits per heavy atom. The van der Waals surface area contributed by atoms with Crippen molar-refractivity contribution in [3.63, 3.8) is 0 Å². The van der Waals surface area contributed by atoms with Crippen LogP contribution in [0, 0.1) is 6.92 Å². The van der Waals surface area contributed by atoms with Crippen LogP contribution >= 0.6 is 0 Å². The number of carbonyl (C=O) groups is 1. The van der Waals surface area contributed by atoms with E-state index in [4.69, 9.17) is 4.84 Å². The highest BCUT2D eigenvalue weighted by Gasteiger charge is 2.26. The Morgan fingerprint density at radius 3 is 2.38 bits per heavy atom. The summed E-state index contributed by atoms with van der Waals surface area (Å²) >= 11 is 0. The average Bonchev–Trinajstić information content (AvgIpc) is 2.73. The van der Waals surface area contributed by atoms with E-state index in [2.05, 4.69) is 31.2 Å². The van der Waals surface area contributed by atoms with Gasteiger partial charge in [0.05, 0.1) is 38.2 Å². The van der Waals surface area contributed by atoms with Crippen LogP contribution in [0.5, 0.6) is 0 Å². The van der Waals surface area contributed by atoms with Crippen LogP contribution in [0.25, 0.3) is 0 Å². The molecule has 1 fully saturated rings. The first kappa shape index (κ1) is 21.4. The fourth-order valence-electron chi connectivity index (χ4n) is 3.51. The zero-order valence-electron chi connectivity index (χ0n) is 17.1. The monoisotopic (exact) mass is 418 g/mol. The summed E-state index contributed by atoms with van der Waals surface area (Å²) in [7, 11) is -1.10. The average molecular weight is 419 g/mol. The molecule has 0 aromatic heterocycles. The fraction of sp³-hybridized carbons (Fsp3) is 0.381. The number of sulfonamides is 1. The molecule has 7 nitrogen and oxygen atoms in total. The number of hydrogen-bond acceptors (Lipinski definition) is 4. The maximum atomic E-state index is 12.8. The van der Waals surface area contributed by atoms with Crippen LogP contribution in [-0.2, 0) is 21.4 Å². The topological polar surface area (TPSA) is 71.4 Å². The van der Waals surface area contributed by atoms with Crippen LogP contribution in [0.2, 0.25) is 0 Å². The lowest BCUT2D eigenvalue weighted by atomic mass is 10.1. The van der Waals surface area contributed by atoms with Gasteiger partial charge in [0.25, 0.3) is 15.9 Å². The molecule has 156 valence electrons. The summed E-state index contributed by atoms with van der Waals surface area (Å²) in [6.45, 7) is 6.22. The lowest BCUT2D eigenvalue weighted by Crippen LogP contribution is -3.13. The Balaban J connectivity index is 1.59. The Labute approximate surface area is 172 Å². The van der Waals surface area contributed by atoms with Crippen LogP contribution in [0.4, 0.5) is 0 Å². The van der Waals surface area contributed by atoms with Gasteiger partial charge in [-0.15, -0.1) is 0 Å². The maximum Gasteiger partial charge on any atom is 0.264 e. The van der Waals surface area contributed by atoms with Gasteiger partial charge >= 0.3 is 0 Å². The molecule has 29 heavy (non-hydrogen) atoms. The first-order valence-corrected chi connectivity index (χ1v) is 11.1. The summed E-state index contributed by atoms with van der Waals surface area (Å²) in [4.78, 5) is 21.0. The van der Waals surface area contributed by atoms with Gasteiger partial charge in [0, 0.05) is 18.2 Å². The highest BCUT2D eigenvalue weighted by molar-refractivity contribution is 7.89. The minimum atomic E-state index is -3.71. The van der Waals surface area contributed by atoms with Crippen molar-refractivity contribution in [2.75, 3.05) is 40.3 Å². The Hall–Kier alpha value is -2.26. The SMILES string of the molecule is CON(C)S(=O)(=O)c1ccc(C(=O)N2CC[NH+](Cc3cccc(C)c3)CC2)cc1. The quantitative estimate of drug-likeness (QED) is 0.702. The van der Waals surface area contributed by atoms with Gasteiger partial charge in [0.1, 0.15) is 6.54 Å². The van der Waals surface area contributed by atoms with Crippen molar-refractivity contribution in [1.29, 1.82) is 0 Å². The van der Waals surface area contributed by atoms with Crippen LogP contribution in [0.1, 0.15) is 21.5 Å². The molecule has 1 amide bonds. The third-order valence-corrected chi connectivity index (χ3v) is 6.98. The molecule has 0 bridgehead atoms. The van der Waals surface area contributed by atoms with E-state index >= 15 is 0 Å². The molecule has 1 saturated heterocycles. The van der Waals surface area contributed by atoms with Gasteiger partial charge in [-0.1, -0.05) is 34.3 Å². The highest BCUT2D eigenvalue weighted by Crippen LogP contribution is 2.16. The first-order valence-electron chi connectivity index (χ1n) is 9.63. The fourth-order valence-corrected chi connectivity index (χ4v) is 4.49. The van der Waals surface area contributed by atoms with Gasteiger partial charge < -0.3 is 9.80 Å². The zero-order valence-corrected chi connectivity index (χ0v) is 17.9. The molecule has 1 aliphatic rings. The van der Waals surface area contributed by atoms with Gasteiger partial charge in [0.15, 0.2) is 0 Å². The number of quaternary nitrogens is 1. The van der Waals surface area contributed by atoms with E-state index in [1.54, 1.807) is 12.1 Å². The van der Waals surface area contributed by atoms with E-state index in [-0.39, 0.29) is 10.8 Å². The smallest absolute Gasteiger partial charge is 0.264 e. The number of nitrogens with one attached hydrogen (secondary N) is 1. The molecule has 8 heteroatoms. The number of piperazine rings is 1. The Bertz CT molecular complexity index is 952. The van der Waals surface area contributed by atoms with Gasteiger partial charge in [-0.3, -0.25) is 9.63 Å². The normalized spacial score (nSPS) is 15.7. The van der Waals surface area contributed by atoms with E-state index in [0.29, 0.717) is 18.7 Å². The minimum Gasteiger partial charge on any atom is -0.328 e. The molecular weight excluding hydrogens is 390 g/mol. The maximum absolute atomic E-state index is 12.8. The van der Waals surface area contributed by atoms with Crippen molar-refractivity contribution in [2.24, 2.45) is 0 Å². The number of hydroxylamine groups is 1. The molecule has 1 aliphatic heterocycles. The Morgan fingerprint density at radius 2 is 1.79 bits per heavy atom. The number of hydrogen-bond donors (Lipinski definition) is 1. The second-order valence-corrected chi connectivity index (χ2v) is 9.27. The molecule has 3 rings (SSSR count). The number of aryl methyl sites for hydroxylation is 1. The molecule has 2 aromatic rings. The first-order chi connectivity index (χ1) is 13.8. The molecule has 0 aliphatic carbocycles. The zero-order chi connectivity index (χ0) is 21.0. The van der Waals surface area contributed by atoms with E-state index in [0.717, 1.165) is 24.1 Å². The predicted molar refractivity (Wildman–Crippen MR) is 110 cm³/mol. The number of amides is 1. The van der Waals surface area contributed by atoms with Crippen molar-refractivity contribution in [1.82, 2.24) is 9.37 Å². The molecule has 1 N–H and O–H groups in total. The lowest BCUT2D eigenvalue weighted by molar-refractivity contribution is -0.917. The van der Waals surface area contributed by atoms with Crippen LogP contribution in [0.15, 0.2) is 53.4 Å². The Kier molecular flexibility index (Phi) is 6.69. The van der Waals surface area contributed by atoms with Gasteiger partial charge in [-0.2, -0.15) is 0 Å². The number of benzene rings is 2. The number of nitrogens with zero attached hydrogens (tertiary/aromatic N) is 2. The third kappa shape index (κ3) is 5.02. The molecule has 0 radical (unpaired) electrons. The van der Waals surface area contributed by atoms with Crippen molar-refractivity contribution < 1.29 is 22.9 Å². The second kappa shape index (κ2) is 9.04. The van der Waals surface area contributed by atoms with E-state index in [1.165, 1.54) is 42.3 Å². The van der Waals surface area contributed by atoms with E-state index < -0.39 is 10.0 Å². The number of carbonyl (C=O) groups excluding carboxylic acids is 1. The summed E-state index contributed by atoms with van der Waals surface area (Å²) in [5, 5.41) is 0. The molecule has 0 spiro atoms. The standard InChI is InChI=1S/C21H27N3O4S/c1-17-5-4-6-18(15-17)16-23-11-13-24(14-12-23)21(25)19-7-9-20(10-8-19)29(26,27)22(2)28-3/h4-10,15H,11-14,16H2,1-3H3/p+1. The summed E-state index contributed by atoms with van der Waals surface area (Å²) in [6, 6.07) is 14.5. The van der Waals surface area contributed by atoms with Crippen molar-refractivity contribution >= 4 is 15.9 Å². The second-order valence-electron chi connectivity index (χ2n) is 7.33. The molecule has 1 heterocycles. The highest BCUT2D eigenvalue weighted by atomic mass is 32.2. The van der Waals surface area contributed by atoms with E-state index in [9.17, 15) is 13.2 Å². The van der Waals surface area contributed by atoms with Crippen molar-refractivity contribution in [2.45, 2.75) is 18.4 Å². The molecule has 2 aromatic carbocycles. The summed E-state index contributed by atoms with van der Waals surface area (Å²) in [6.07, 6.45) is 0. The van der Waals surface area contributed by atoms with Crippen molar-refractivity contribution in [3.05, 3.63) is 65.2 Å². The predicted octanol–water partition coefficient (Wildman–Crippen LogP) is 0.718. The molecule has 0 atom stereocenters. The molecular formula is C21H28N3O4S+. The van der Waals surface area contributed by atoms with Crippen molar-refractivity contribution in [3.8, 4) is 0 Å². The van der Waals surface area contributed by atoms with Gasteiger partial charge in [0.2, 0.25) is 0 Å². The minimum absolute atomic E-state index is 0.0661. The van der Waals surface area contributed by atoms with Crippen LogP contribution < -0.4 is 4.90 Å². The molecule has 0 saturated carbocycles. The van der Waals surface area contributed by atoms with Gasteiger partial charge in [-0.05, 0) is 31.2 Å². The van der Waals surface area contributed by atoms with E-state index in [1.807, 2.05) is 4.90 Å². The summed E-state index contributed by atoms with van der Waals surface area (Å²) in [5.74, 6) is -0.0661. The third-order valence-electron chi connectivity index (χ3n) is 5.29. The largest absolute Gasteiger partial charge is 0.328 e. The van der Waals surface area contributed by atoms with Gasteiger partial charge in [-0.25, -0.2) is 8.42 Å². The summed E-state index contributed by atoms with van der Waals surface area (Å²) in [5.41, 5.74) is 3.07.